The highest BCUT2D eigenvalue weighted by molar-refractivity contribution is 5.93. The van der Waals surface area contributed by atoms with Gasteiger partial charge < -0.3 is 14.8 Å². The molecule has 0 aromatic carbocycles. The summed E-state index contributed by atoms with van der Waals surface area (Å²) < 4.78 is 1.85. The zero-order valence-electron chi connectivity index (χ0n) is 17.0. The maximum Gasteiger partial charge on any atom is 0.263 e. The Morgan fingerprint density at radius 1 is 1.24 bits per heavy atom. The van der Waals surface area contributed by atoms with Crippen LogP contribution in [0.5, 0.6) is 0 Å². The van der Waals surface area contributed by atoms with E-state index in [9.17, 15) is 9.59 Å². The summed E-state index contributed by atoms with van der Waals surface area (Å²) in [4.78, 5) is 27.9. The lowest BCUT2D eigenvalue weighted by Crippen LogP contribution is -2.46. The Hall–Kier alpha value is -2.41. The maximum atomic E-state index is 13.1. The number of nitrogens with zero attached hydrogens (tertiary/aromatic N) is 3. The van der Waals surface area contributed by atoms with Crippen molar-refractivity contribution in [1.29, 1.82) is 0 Å². The van der Waals surface area contributed by atoms with Gasteiger partial charge in [-0.2, -0.15) is 5.10 Å². The first kappa shape index (κ1) is 18.6. The van der Waals surface area contributed by atoms with Crippen molar-refractivity contribution >= 4 is 5.91 Å². The van der Waals surface area contributed by atoms with Crippen LogP contribution in [-0.2, 0) is 25.9 Å². The average Bonchev–Trinajstić information content (AvgIpc) is 2.94. The number of fused-ring (bicyclic) bond motifs is 5. The number of aromatic amines is 1. The largest absolute Gasteiger partial charge is 0.336 e. The van der Waals surface area contributed by atoms with Crippen molar-refractivity contribution in [3.8, 4) is 0 Å². The number of aryl methyl sites for hydroxylation is 1. The third kappa shape index (κ3) is 3.31. The topological polar surface area (TPSA) is 83.0 Å². The summed E-state index contributed by atoms with van der Waals surface area (Å²) in [6.45, 7) is 2.99. The van der Waals surface area contributed by atoms with E-state index in [-0.39, 0.29) is 17.0 Å². The maximum absolute atomic E-state index is 13.1. The van der Waals surface area contributed by atoms with Crippen LogP contribution in [0.2, 0.25) is 0 Å². The molecule has 3 aliphatic rings. The van der Waals surface area contributed by atoms with E-state index in [0.717, 1.165) is 43.7 Å². The highest BCUT2D eigenvalue weighted by atomic mass is 16.2. The summed E-state index contributed by atoms with van der Waals surface area (Å²) >= 11 is 0. The van der Waals surface area contributed by atoms with Crippen molar-refractivity contribution in [2.75, 3.05) is 20.1 Å². The van der Waals surface area contributed by atoms with E-state index < -0.39 is 0 Å². The molecule has 2 aliphatic heterocycles. The first-order valence-electron chi connectivity index (χ1n) is 10.9. The van der Waals surface area contributed by atoms with Gasteiger partial charge in [-0.25, -0.2) is 0 Å². The fourth-order valence-corrected chi connectivity index (χ4v) is 5.31. The number of amides is 1. The Bertz CT molecular complexity index is 992. The fourth-order valence-electron chi connectivity index (χ4n) is 5.31. The van der Waals surface area contributed by atoms with Gasteiger partial charge in [0, 0.05) is 37.4 Å². The Morgan fingerprint density at radius 3 is 3.00 bits per heavy atom. The molecular formula is C22H29N5O2. The molecule has 154 valence electrons. The van der Waals surface area contributed by atoms with E-state index in [1.165, 1.54) is 30.5 Å². The summed E-state index contributed by atoms with van der Waals surface area (Å²) in [7, 11) is 1.77. The van der Waals surface area contributed by atoms with Crippen LogP contribution in [0.25, 0.3) is 0 Å². The third-order valence-corrected chi connectivity index (χ3v) is 6.86. The predicted molar refractivity (Wildman–Crippen MR) is 110 cm³/mol. The van der Waals surface area contributed by atoms with E-state index in [4.69, 9.17) is 0 Å². The van der Waals surface area contributed by atoms with Crippen molar-refractivity contribution in [3.63, 3.8) is 0 Å². The van der Waals surface area contributed by atoms with Gasteiger partial charge in [-0.15, -0.1) is 0 Å². The highest BCUT2D eigenvalue weighted by Crippen LogP contribution is 2.31. The lowest BCUT2D eigenvalue weighted by Gasteiger charge is -2.37. The number of carbonyl (C=O) groups excluding carboxylic acids is 1. The lowest BCUT2D eigenvalue weighted by atomic mass is 9.84. The minimum atomic E-state index is -0.218. The molecule has 29 heavy (non-hydrogen) atoms. The quantitative estimate of drug-likeness (QED) is 0.777. The molecule has 2 atom stereocenters. The number of H-pyrrole nitrogens is 1. The Kier molecular flexibility index (Phi) is 4.78. The van der Waals surface area contributed by atoms with Gasteiger partial charge >= 0.3 is 0 Å². The number of hydrogen-bond acceptors (Lipinski definition) is 4. The molecule has 1 fully saturated rings. The molecule has 0 spiro atoms. The fraction of sp³-hybridized carbons (Fsp3) is 0.591. The minimum Gasteiger partial charge on any atom is -0.336 e. The first-order valence-corrected chi connectivity index (χ1v) is 10.9. The van der Waals surface area contributed by atoms with Gasteiger partial charge in [0.05, 0.1) is 12.2 Å². The van der Waals surface area contributed by atoms with E-state index in [2.05, 4.69) is 15.5 Å². The lowest BCUT2D eigenvalue weighted by molar-refractivity contribution is 0.0780. The number of piperidine rings is 1. The molecule has 1 amide bonds. The molecular weight excluding hydrogens is 366 g/mol. The third-order valence-electron chi connectivity index (χ3n) is 6.86. The van der Waals surface area contributed by atoms with Crippen molar-refractivity contribution in [2.45, 2.75) is 57.5 Å². The number of pyridine rings is 1. The van der Waals surface area contributed by atoms with Crippen LogP contribution in [0.3, 0.4) is 0 Å². The van der Waals surface area contributed by atoms with Crippen LogP contribution in [0.15, 0.2) is 16.9 Å². The average molecular weight is 396 g/mol. The number of aromatic nitrogens is 3. The number of rotatable bonds is 3. The Morgan fingerprint density at radius 2 is 2.10 bits per heavy atom. The van der Waals surface area contributed by atoms with Gasteiger partial charge in [-0.3, -0.25) is 14.7 Å². The van der Waals surface area contributed by atoms with Crippen LogP contribution >= 0.6 is 0 Å². The first-order chi connectivity index (χ1) is 14.1. The van der Waals surface area contributed by atoms with E-state index in [0.29, 0.717) is 24.9 Å². The van der Waals surface area contributed by atoms with Crippen molar-refractivity contribution in [2.24, 2.45) is 5.92 Å². The Balaban J connectivity index is 1.39. The van der Waals surface area contributed by atoms with E-state index in [1.807, 2.05) is 10.6 Å². The number of nitrogens with one attached hydrogen (secondary N) is 2. The predicted octanol–water partition coefficient (Wildman–Crippen LogP) is 1.82. The molecule has 2 N–H and O–H groups in total. The summed E-state index contributed by atoms with van der Waals surface area (Å²) in [5, 5.41) is 11.1. The molecule has 0 radical (unpaired) electrons. The van der Waals surface area contributed by atoms with Gasteiger partial charge in [-0.05, 0) is 62.3 Å². The van der Waals surface area contributed by atoms with Gasteiger partial charge in [-0.1, -0.05) is 6.42 Å². The normalized spacial score (nSPS) is 23.1. The molecule has 2 aromatic heterocycles. The van der Waals surface area contributed by atoms with Gasteiger partial charge in [0.15, 0.2) is 0 Å². The van der Waals surface area contributed by atoms with Gasteiger partial charge in [0.25, 0.3) is 11.5 Å². The summed E-state index contributed by atoms with van der Waals surface area (Å²) in [5.41, 5.74) is 4.62. The Labute approximate surface area is 170 Å². The van der Waals surface area contributed by atoms with Crippen LogP contribution in [0.1, 0.15) is 64.6 Å². The monoisotopic (exact) mass is 395 g/mol. The highest BCUT2D eigenvalue weighted by Gasteiger charge is 2.32. The molecule has 7 nitrogen and oxygen atoms in total. The molecule has 2 bridgehead atoms. The zero-order chi connectivity index (χ0) is 20.0. The molecule has 1 saturated heterocycles. The van der Waals surface area contributed by atoms with Crippen LogP contribution in [0.4, 0.5) is 0 Å². The van der Waals surface area contributed by atoms with Gasteiger partial charge in [0.1, 0.15) is 5.56 Å². The molecule has 1 aliphatic carbocycles. The van der Waals surface area contributed by atoms with Gasteiger partial charge in [0.2, 0.25) is 0 Å². The van der Waals surface area contributed by atoms with Crippen LogP contribution in [-0.4, -0.2) is 45.7 Å². The van der Waals surface area contributed by atoms with Crippen LogP contribution < -0.4 is 10.9 Å². The molecule has 0 saturated carbocycles. The number of hydrogen-bond donors (Lipinski definition) is 2. The summed E-state index contributed by atoms with van der Waals surface area (Å²) in [5.74, 6) is 0.627. The van der Waals surface area contributed by atoms with Crippen molar-refractivity contribution < 1.29 is 4.79 Å². The zero-order valence-corrected chi connectivity index (χ0v) is 17.0. The molecule has 0 unspecified atom stereocenters. The second-order valence-electron chi connectivity index (χ2n) is 8.89. The van der Waals surface area contributed by atoms with Crippen molar-refractivity contribution in [1.82, 2.24) is 25.0 Å². The summed E-state index contributed by atoms with van der Waals surface area (Å²) in [6, 6.07) is 3.71. The van der Waals surface area contributed by atoms with E-state index in [1.54, 1.807) is 18.0 Å². The summed E-state index contributed by atoms with van der Waals surface area (Å²) in [6.07, 6.45) is 6.77. The molecule has 7 heteroatoms. The number of carbonyl (C=O) groups is 1. The standard InChI is InChI=1S/C22H29N5O2/c1-26(13-19-16-5-3-2-4-6-18(16)24-25-19)21(28)17-7-8-20-15-9-14(10-23-11-15)12-27(20)22(17)29/h7-8,14-15,23H,2-6,9-13H2,1H3,(H,24,25)/t14-,15+/m0/s1. The second-order valence-corrected chi connectivity index (χ2v) is 8.89. The minimum absolute atomic E-state index is 0.142. The molecule has 2 aromatic rings. The second kappa shape index (κ2) is 7.44. The SMILES string of the molecule is CN(Cc1n[nH]c2c1CCCCC2)C(=O)c1ccc2n(c1=O)C[C@@H]1CNC[C@H]2C1. The van der Waals surface area contributed by atoms with Crippen LogP contribution in [0, 0.1) is 5.92 Å². The van der Waals surface area contributed by atoms with Crippen molar-refractivity contribution in [3.05, 3.63) is 50.7 Å². The smallest absolute Gasteiger partial charge is 0.263 e. The molecule has 4 heterocycles. The van der Waals surface area contributed by atoms with E-state index >= 15 is 0 Å². The molecule has 5 rings (SSSR count).